The van der Waals surface area contributed by atoms with Crippen molar-refractivity contribution in [1.29, 1.82) is 0 Å². The number of anilines is 1. The summed E-state index contributed by atoms with van der Waals surface area (Å²) >= 11 is 0. The van der Waals surface area contributed by atoms with Gasteiger partial charge in [-0.1, -0.05) is 36.4 Å². The predicted octanol–water partition coefficient (Wildman–Crippen LogP) is 3.39. The van der Waals surface area contributed by atoms with Crippen LogP contribution in [0.2, 0.25) is 0 Å². The zero-order chi connectivity index (χ0) is 17.8. The van der Waals surface area contributed by atoms with E-state index in [1.807, 2.05) is 54.6 Å². The summed E-state index contributed by atoms with van der Waals surface area (Å²) in [7, 11) is 1.63. The summed E-state index contributed by atoms with van der Waals surface area (Å²) in [5.74, 6) is -0.425. The fraction of sp³-hybridized carbons (Fsp3) is 0.150. The highest BCUT2D eigenvalue weighted by Crippen LogP contribution is 2.23. The molecule has 0 saturated heterocycles. The number of hydrogen-bond acceptors (Lipinski definition) is 3. The van der Waals surface area contributed by atoms with Crippen molar-refractivity contribution in [2.75, 3.05) is 12.4 Å². The van der Waals surface area contributed by atoms with E-state index in [1.54, 1.807) is 19.4 Å². The van der Waals surface area contributed by atoms with Crippen LogP contribution < -0.4 is 5.32 Å². The van der Waals surface area contributed by atoms with Gasteiger partial charge in [0, 0.05) is 37.4 Å². The SMILES string of the molecule is CC(=O)N(C)[C@@H](C(=O)Nc1ccc2cnccc2c1)c1ccccc1. The van der Waals surface area contributed by atoms with Crippen molar-refractivity contribution in [3.05, 3.63) is 72.6 Å². The number of likely N-dealkylation sites (N-methyl/N-ethyl adjacent to an activating group) is 1. The van der Waals surface area contributed by atoms with E-state index in [0.717, 1.165) is 16.3 Å². The highest BCUT2D eigenvalue weighted by molar-refractivity contribution is 5.99. The fourth-order valence-electron chi connectivity index (χ4n) is 2.74. The fourth-order valence-corrected chi connectivity index (χ4v) is 2.74. The van der Waals surface area contributed by atoms with Crippen LogP contribution in [0.5, 0.6) is 0 Å². The first kappa shape index (κ1) is 16.6. The normalized spacial score (nSPS) is 11.8. The molecule has 126 valence electrons. The summed E-state index contributed by atoms with van der Waals surface area (Å²) in [6, 6.07) is 16.1. The summed E-state index contributed by atoms with van der Waals surface area (Å²) in [4.78, 5) is 30.2. The number of nitrogens with zero attached hydrogens (tertiary/aromatic N) is 2. The molecule has 1 atom stereocenters. The van der Waals surface area contributed by atoms with Crippen molar-refractivity contribution in [3.63, 3.8) is 0 Å². The Hall–Kier alpha value is -3.21. The minimum absolute atomic E-state index is 0.173. The Balaban J connectivity index is 1.90. The highest BCUT2D eigenvalue weighted by atomic mass is 16.2. The first-order valence-electron chi connectivity index (χ1n) is 7.99. The Morgan fingerprint density at radius 3 is 2.52 bits per heavy atom. The van der Waals surface area contributed by atoms with Crippen LogP contribution in [-0.2, 0) is 9.59 Å². The van der Waals surface area contributed by atoms with Gasteiger partial charge in [-0.05, 0) is 29.1 Å². The van der Waals surface area contributed by atoms with E-state index in [9.17, 15) is 9.59 Å². The number of carbonyl (C=O) groups excluding carboxylic acids is 2. The zero-order valence-corrected chi connectivity index (χ0v) is 14.1. The number of amides is 2. The number of pyridine rings is 1. The molecule has 0 radical (unpaired) electrons. The molecule has 0 saturated carbocycles. The quantitative estimate of drug-likeness (QED) is 0.796. The van der Waals surface area contributed by atoms with Crippen LogP contribution in [0.3, 0.4) is 0 Å². The standard InChI is InChI=1S/C20H19N3O2/c1-14(24)23(2)19(15-6-4-3-5-7-15)20(25)22-18-9-8-17-13-21-11-10-16(17)12-18/h3-13,19H,1-2H3,(H,22,25)/t19-/m1/s1. The molecule has 2 aromatic carbocycles. The van der Waals surface area contributed by atoms with E-state index in [-0.39, 0.29) is 11.8 Å². The molecule has 0 aliphatic carbocycles. The Labute approximate surface area is 146 Å². The summed E-state index contributed by atoms with van der Waals surface area (Å²) < 4.78 is 0. The largest absolute Gasteiger partial charge is 0.330 e. The van der Waals surface area contributed by atoms with Crippen LogP contribution in [0.1, 0.15) is 18.5 Å². The lowest BCUT2D eigenvalue weighted by Crippen LogP contribution is -2.37. The topological polar surface area (TPSA) is 62.3 Å². The summed E-state index contributed by atoms with van der Waals surface area (Å²) in [5.41, 5.74) is 1.45. The van der Waals surface area contributed by atoms with Gasteiger partial charge in [-0.25, -0.2) is 0 Å². The second-order valence-corrected chi connectivity index (χ2v) is 5.87. The van der Waals surface area contributed by atoms with Crippen LogP contribution in [0, 0.1) is 0 Å². The molecule has 0 bridgehead atoms. The molecule has 5 nitrogen and oxygen atoms in total. The minimum Gasteiger partial charge on any atom is -0.330 e. The number of carbonyl (C=O) groups is 2. The van der Waals surface area contributed by atoms with E-state index in [2.05, 4.69) is 10.3 Å². The molecule has 3 aromatic rings. The average Bonchev–Trinajstić information content (AvgIpc) is 2.62. The van der Waals surface area contributed by atoms with Crippen molar-refractivity contribution < 1.29 is 9.59 Å². The minimum atomic E-state index is -0.688. The number of aromatic nitrogens is 1. The van der Waals surface area contributed by atoms with Crippen molar-refractivity contribution >= 4 is 28.3 Å². The molecule has 0 aliphatic rings. The van der Waals surface area contributed by atoms with Crippen LogP contribution in [-0.4, -0.2) is 28.7 Å². The van der Waals surface area contributed by atoms with Crippen molar-refractivity contribution in [1.82, 2.24) is 9.88 Å². The molecule has 1 aromatic heterocycles. The molecule has 0 fully saturated rings. The van der Waals surface area contributed by atoms with Crippen LogP contribution in [0.4, 0.5) is 5.69 Å². The van der Waals surface area contributed by atoms with E-state index in [4.69, 9.17) is 0 Å². The summed E-state index contributed by atoms with van der Waals surface area (Å²) in [6.07, 6.45) is 3.49. The van der Waals surface area contributed by atoms with Gasteiger partial charge in [0.2, 0.25) is 5.91 Å². The second kappa shape index (κ2) is 7.13. The number of fused-ring (bicyclic) bond motifs is 1. The van der Waals surface area contributed by atoms with Gasteiger partial charge in [0.15, 0.2) is 0 Å². The lowest BCUT2D eigenvalue weighted by Gasteiger charge is -2.26. The first-order valence-corrected chi connectivity index (χ1v) is 7.99. The number of nitrogens with one attached hydrogen (secondary N) is 1. The Kier molecular flexibility index (Phi) is 4.75. The summed E-state index contributed by atoms with van der Waals surface area (Å²) in [5, 5.41) is 4.91. The van der Waals surface area contributed by atoms with Gasteiger partial charge in [0.05, 0.1) is 0 Å². The maximum Gasteiger partial charge on any atom is 0.251 e. The van der Waals surface area contributed by atoms with Gasteiger partial charge in [0.25, 0.3) is 5.91 Å². The second-order valence-electron chi connectivity index (χ2n) is 5.87. The molecule has 5 heteroatoms. The van der Waals surface area contributed by atoms with Crippen LogP contribution >= 0.6 is 0 Å². The first-order chi connectivity index (χ1) is 12.1. The third-order valence-electron chi connectivity index (χ3n) is 4.16. The Morgan fingerprint density at radius 2 is 1.80 bits per heavy atom. The van der Waals surface area contributed by atoms with Gasteiger partial charge < -0.3 is 10.2 Å². The lowest BCUT2D eigenvalue weighted by molar-refractivity contribution is -0.135. The maximum atomic E-state index is 12.9. The Morgan fingerprint density at radius 1 is 1.04 bits per heavy atom. The molecule has 0 spiro atoms. The smallest absolute Gasteiger partial charge is 0.251 e. The molecular formula is C20H19N3O2. The van der Waals surface area contributed by atoms with Gasteiger partial charge in [-0.15, -0.1) is 0 Å². The van der Waals surface area contributed by atoms with Crippen molar-refractivity contribution in [2.24, 2.45) is 0 Å². The molecule has 3 rings (SSSR count). The molecule has 25 heavy (non-hydrogen) atoms. The van der Waals surface area contributed by atoms with E-state index < -0.39 is 6.04 Å². The van der Waals surface area contributed by atoms with E-state index in [1.165, 1.54) is 11.8 Å². The Bertz CT molecular complexity index is 909. The van der Waals surface area contributed by atoms with Crippen LogP contribution in [0.15, 0.2) is 67.0 Å². The molecule has 2 amide bonds. The van der Waals surface area contributed by atoms with Crippen molar-refractivity contribution in [3.8, 4) is 0 Å². The van der Waals surface area contributed by atoms with Gasteiger partial charge in [0.1, 0.15) is 6.04 Å². The maximum absolute atomic E-state index is 12.9. The zero-order valence-electron chi connectivity index (χ0n) is 14.1. The number of rotatable bonds is 4. The van der Waals surface area contributed by atoms with Gasteiger partial charge in [-0.2, -0.15) is 0 Å². The predicted molar refractivity (Wildman–Crippen MR) is 98.0 cm³/mol. The lowest BCUT2D eigenvalue weighted by atomic mass is 10.0. The highest BCUT2D eigenvalue weighted by Gasteiger charge is 2.26. The third-order valence-corrected chi connectivity index (χ3v) is 4.16. The summed E-state index contributed by atoms with van der Waals surface area (Å²) in [6.45, 7) is 1.45. The molecule has 1 N–H and O–H groups in total. The third kappa shape index (κ3) is 3.66. The molecule has 0 unspecified atom stereocenters. The van der Waals surface area contributed by atoms with E-state index >= 15 is 0 Å². The van der Waals surface area contributed by atoms with E-state index in [0.29, 0.717) is 5.69 Å². The molecular weight excluding hydrogens is 314 g/mol. The average molecular weight is 333 g/mol. The van der Waals surface area contributed by atoms with Gasteiger partial charge in [-0.3, -0.25) is 14.6 Å². The number of hydrogen-bond donors (Lipinski definition) is 1. The molecule has 1 heterocycles. The molecule has 0 aliphatic heterocycles. The van der Waals surface area contributed by atoms with Crippen LogP contribution in [0.25, 0.3) is 10.8 Å². The van der Waals surface area contributed by atoms with Crippen molar-refractivity contribution in [2.45, 2.75) is 13.0 Å². The monoisotopic (exact) mass is 333 g/mol. The number of benzene rings is 2. The van der Waals surface area contributed by atoms with Gasteiger partial charge >= 0.3 is 0 Å².